The van der Waals surface area contributed by atoms with Crippen LogP contribution in [-0.4, -0.2) is 73.4 Å². The van der Waals surface area contributed by atoms with E-state index < -0.39 is 0 Å². The summed E-state index contributed by atoms with van der Waals surface area (Å²) in [7, 11) is 0. The van der Waals surface area contributed by atoms with Crippen molar-refractivity contribution in [3.8, 4) is 22.6 Å². The van der Waals surface area contributed by atoms with E-state index in [-0.39, 0.29) is 41.3 Å². The zero-order valence-corrected chi connectivity index (χ0v) is 22.0. The van der Waals surface area contributed by atoms with E-state index in [1.54, 1.807) is 24.8 Å². The Morgan fingerprint density at radius 1 is 1.10 bits per heavy atom. The number of amides is 1. The van der Waals surface area contributed by atoms with Gasteiger partial charge in [0.05, 0.1) is 17.5 Å². The summed E-state index contributed by atoms with van der Waals surface area (Å²) < 4.78 is 1.53. The second kappa shape index (κ2) is 9.07. The number of hydrogen-bond donors (Lipinski definition) is 3. The molecule has 2 saturated heterocycles. The van der Waals surface area contributed by atoms with Gasteiger partial charge in [0.1, 0.15) is 17.8 Å². The Balaban J connectivity index is 1.28. The van der Waals surface area contributed by atoms with Gasteiger partial charge in [-0.15, -0.1) is 10.2 Å². The molecule has 2 aliphatic heterocycles. The van der Waals surface area contributed by atoms with Crippen molar-refractivity contribution >= 4 is 23.2 Å². The van der Waals surface area contributed by atoms with Crippen LogP contribution in [0.4, 0.5) is 5.82 Å². The maximum absolute atomic E-state index is 13.1. The first-order chi connectivity index (χ1) is 19.4. The maximum Gasteiger partial charge on any atom is 0.292 e. The van der Waals surface area contributed by atoms with Crippen LogP contribution in [0.15, 0.2) is 37.2 Å². The van der Waals surface area contributed by atoms with Crippen molar-refractivity contribution in [2.45, 2.75) is 57.5 Å². The summed E-state index contributed by atoms with van der Waals surface area (Å²) >= 11 is 0. The fraction of sp³-hybridized carbons (Fsp3) is 0.333. The highest BCUT2D eigenvalue weighted by atomic mass is 16.2. The number of rotatable bonds is 5. The number of aromatic amines is 2. The molecule has 3 atom stereocenters. The zero-order chi connectivity index (χ0) is 27.5. The van der Waals surface area contributed by atoms with Crippen molar-refractivity contribution in [2.75, 3.05) is 5.73 Å². The molecule has 5 aromatic rings. The summed E-state index contributed by atoms with van der Waals surface area (Å²) in [6.07, 6.45) is 11.5. The van der Waals surface area contributed by atoms with Gasteiger partial charge < -0.3 is 20.6 Å². The van der Waals surface area contributed by atoms with Crippen molar-refractivity contribution in [2.24, 2.45) is 0 Å². The van der Waals surface area contributed by atoms with Crippen LogP contribution in [0.25, 0.3) is 28.3 Å². The number of nitrogens with two attached hydrogens (primary N) is 1. The molecule has 0 aliphatic carbocycles. The molecule has 2 fully saturated rings. The first-order valence-corrected chi connectivity index (χ1v) is 13.2. The molecular weight excluding hydrogens is 510 g/mol. The average molecular weight is 538 g/mol. The number of carbonyl (C=O) groups excluding carboxylic acids is 2. The lowest BCUT2D eigenvalue weighted by molar-refractivity contribution is 0.0556. The van der Waals surface area contributed by atoms with Crippen molar-refractivity contribution in [1.82, 2.24) is 49.6 Å². The normalized spacial score (nSPS) is 20.4. The number of fused-ring (bicyclic) bond motifs is 3. The number of Topliss-reactive ketones (excluding diaryl/α,β-unsaturated/α-hetero) is 1. The molecule has 0 radical (unpaired) electrons. The minimum absolute atomic E-state index is 0.0192. The molecule has 2 bridgehead atoms. The van der Waals surface area contributed by atoms with E-state index in [2.05, 4.69) is 35.2 Å². The molecule has 1 amide bonds. The van der Waals surface area contributed by atoms with Gasteiger partial charge in [-0.2, -0.15) is 9.61 Å². The zero-order valence-electron chi connectivity index (χ0n) is 22.0. The Bertz CT molecular complexity index is 1740. The van der Waals surface area contributed by atoms with Crippen LogP contribution >= 0.6 is 0 Å². The number of carbonyl (C=O) groups is 2. The Hall–Kier alpha value is -4.94. The molecule has 13 heteroatoms. The fourth-order valence-corrected chi connectivity index (χ4v) is 6.42. The van der Waals surface area contributed by atoms with E-state index in [1.165, 1.54) is 17.8 Å². The number of aromatic nitrogens is 9. The number of pyridine rings is 1. The molecular formula is C27H27N11O2. The number of piperidine rings is 1. The molecule has 40 heavy (non-hydrogen) atoms. The van der Waals surface area contributed by atoms with E-state index in [1.807, 2.05) is 17.9 Å². The third kappa shape index (κ3) is 3.68. The molecule has 202 valence electrons. The third-order valence-corrected chi connectivity index (χ3v) is 8.15. The minimum Gasteiger partial charge on any atom is -0.383 e. The number of hydrogen-bond acceptors (Lipinski definition) is 9. The molecule has 0 saturated carbocycles. The van der Waals surface area contributed by atoms with Crippen LogP contribution in [-0.2, 0) is 0 Å². The van der Waals surface area contributed by atoms with Gasteiger partial charge in [0.2, 0.25) is 5.82 Å². The van der Waals surface area contributed by atoms with Crippen molar-refractivity contribution in [3.63, 3.8) is 0 Å². The van der Waals surface area contributed by atoms with Gasteiger partial charge in [0, 0.05) is 47.7 Å². The number of aryl methyl sites for hydroxylation is 1. The molecule has 0 spiro atoms. The van der Waals surface area contributed by atoms with Gasteiger partial charge in [-0.1, -0.05) is 0 Å². The van der Waals surface area contributed by atoms with Crippen LogP contribution in [0, 0.1) is 6.92 Å². The first-order valence-electron chi connectivity index (χ1n) is 13.2. The van der Waals surface area contributed by atoms with Crippen molar-refractivity contribution in [3.05, 3.63) is 59.8 Å². The summed E-state index contributed by atoms with van der Waals surface area (Å²) in [5, 5.41) is 12.2. The van der Waals surface area contributed by atoms with Crippen molar-refractivity contribution in [1.29, 1.82) is 0 Å². The van der Waals surface area contributed by atoms with Gasteiger partial charge in [-0.05, 0) is 51.2 Å². The Morgan fingerprint density at radius 2 is 1.90 bits per heavy atom. The van der Waals surface area contributed by atoms with E-state index in [9.17, 15) is 9.59 Å². The average Bonchev–Trinajstić information content (AvgIpc) is 3.75. The van der Waals surface area contributed by atoms with E-state index >= 15 is 0 Å². The quantitative estimate of drug-likeness (QED) is 0.284. The molecule has 5 aromatic heterocycles. The first kappa shape index (κ1) is 24.1. The van der Waals surface area contributed by atoms with Crippen LogP contribution in [0.5, 0.6) is 0 Å². The second-order valence-electron chi connectivity index (χ2n) is 10.5. The Kier molecular flexibility index (Phi) is 5.47. The van der Waals surface area contributed by atoms with Crippen LogP contribution in [0.3, 0.4) is 0 Å². The van der Waals surface area contributed by atoms with Gasteiger partial charge >= 0.3 is 0 Å². The lowest BCUT2D eigenvalue weighted by atomic mass is 9.85. The molecule has 4 N–H and O–H groups in total. The number of nitrogens with one attached hydrogen (secondary N) is 2. The monoisotopic (exact) mass is 537 g/mol. The predicted molar refractivity (Wildman–Crippen MR) is 144 cm³/mol. The highest BCUT2D eigenvalue weighted by Gasteiger charge is 2.45. The molecule has 7 heterocycles. The van der Waals surface area contributed by atoms with Crippen LogP contribution < -0.4 is 5.73 Å². The van der Waals surface area contributed by atoms with Gasteiger partial charge in [0.25, 0.3) is 5.91 Å². The smallest absolute Gasteiger partial charge is 0.292 e. The third-order valence-electron chi connectivity index (χ3n) is 8.15. The Morgan fingerprint density at radius 3 is 2.55 bits per heavy atom. The number of anilines is 1. The Labute approximate surface area is 228 Å². The van der Waals surface area contributed by atoms with E-state index in [4.69, 9.17) is 10.7 Å². The minimum atomic E-state index is -0.160. The number of H-pyrrole nitrogens is 2. The summed E-state index contributed by atoms with van der Waals surface area (Å²) in [6.45, 7) is 3.48. The van der Waals surface area contributed by atoms with E-state index in [0.717, 1.165) is 35.2 Å². The van der Waals surface area contributed by atoms with Crippen LogP contribution in [0.1, 0.15) is 70.8 Å². The summed E-state index contributed by atoms with van der Waals surface area (Å²) in [5.74, 6) is 0.871. The summed E-state index contributed by atoms with van der Waals surface area (Å²) in [6, 6.07) is 2.06. The van der Waals surface area contributed by atoms with Crippen LogP contribution in [0.2, 0.25) is 0 Å². The second-order valence-corrected chi connectivity index (χ2v) is 10.5. The molecule has 0 unspecified atom stereocenters. The standard InChI is InChI=1S/C27H27N11O2/c1-13-7-16(10-31-21(13)24-29-5-6-30-24)19-11-34-38-23(28)20(14(2)39)22(35-26(19)38)15-8-17-3-4-18(9-15)37(17)27(40)25-32-12-33-36-25/h5-7,10-12,15,17-18H,3-4,8-9,28H2,1-2H3,(H,29,30)(H,32,33,36)/t15-,17+,18-. The number of imidazole rings is 1. The molecule has 13 nitrogen and oxygen atoms in total. The highest BCUT2D eigenvalue weighted by molar-refractivity contribution is 6.00. The van der Waals surface area contributed by atoms with Crippen molar-refractivity contribution < 1.29 is 9.59 Å². The summed E-state index contributed by atoms with van der Waals surface area (Å²) in [5.41, 5.74) is 11.5. The SMILES string of the molecule is CC(=O)c1c([C@H]2C[C@H]3CC[C@@H](C2)N3C(=O)c2nnc[nH]2)nc2c(-c3cnc(-c4ncc[nH]4)c(C)c3)cnn2c1N. The molecule has 7 rings (SSSR count). The van der Waals surface area contributed by atoms with E-state index in [0.29, 0.717) is 35.6 Å². The number of ketones is 1. The molecule has 0 aromatic carbocycles. The van der Waals surface area contributed by atoms with Gasteiger partial charge in [-0.25, -0.2) is 9.97 Å². The van der Waals surface area contributed by atoms with Gasteiger partial charge in [0.15, 0.2) is 17.3 Å². The predicted octanol–water partition coefficient (Wildman–Crippen LogP) is 2.94. The lowest BCUT2D eigenvalue weighted by Gasteiger charge is -2.38. The number of nitrogens with zero attached hydrogens (tertiary/aromatic N) is 8. The fourth-order valence-electron chi connectivity index (χ4n) is 6.42. The molecule has 2 aliphatic rings. The number of nitrogen functional groups attached to an aromatic ring is 1. The highest BCUT2D eigenvalue weighted by Crippen LogP contribution is 2.45. The maximum atomic E-state index is 13.1. The largest absolute Gasteiger partial charge is 0.383 e. The lowest BCUT2D eigenvalue weighted by Crippen LogP contribution is -2.46. The van der Waals surface area contributed by atoms with Gasteiger partial charge in [-0.3, -0.25) is 14.6 Å². The summed E-state index contributed by atoms with van der Waals surface area (Å²) in [4.78, 5) is 47.9. The topological polar surface area (TPSA) is 177 Å².